The number of Topliss-reactive ketones (excluding diaryl/α,β-unsaturated/α-hetero) is 1. The van der Waals surface area contributed by atoms with Crippen LogP contribution >= 0.6 is 0 Å². The lowest BCUT2D eigenvalue weighted by molar-refractivity contribution is 0.0924. The molecule has 0 saturated carbocycles. The summed E-state index contributed by atoms with van der Waals surface area (Å²) in [5.41, 5.74) is 0.197. The van der Waals surface area contributed by atoms with Crippen molar-refractivity contribution in [3.8, 4) is 17.2 Å². The molecule has 0 radical (unpaired) electrons. The van der Waals surface area contributed by atoms with E-state index in [0.717, 1.165) is 6.26 Å². The highest BCUT2D eigenvalue weighted by atomic mass is 32.2. The lowest BCUT2D eigenvalue weighted by Crippen LogP contribution is -2.13. The van der Waals surface area contributed by atoms with Crippen LogP contribution in [0, 0.1) is 0 Å². The molecule has 0 aliphatic heterocycles. The molecule has 0 aromatic heterocycles. The van der Waals surface area contributed by atoms with Crippen molar-refractivity contribution < 1.29 is 31.6 Å². The summed E-state index contributed by atoms with van der Waals surface area (Å²) < 4.78 is 41.5. The summed E-state index contributed by atoms with van der Waals surface area (Å²) >= 11 is 0. The first kappa shape index (κ1) is 16.3. The number of ether oxygens (including phenoxy) is 3. The summed E-state index contributed by atoms with van der Waals surface area (Å²) in [7, 11) is 0.590. The Morgan fingerprint density at radius 3 is 1.90 bits per heavy atom. The number of methoxy groups -OCH3 is 3. The first-order valence-corrected chi connectivity index (χ1v) is 7.31. The second-order valence-electron chi connectivity index (χ2n) is 3.80. The van der Waals surface area contributed by atoms with Gasteiger partial charge in [-0.2, -0.15) is 8.42 Å². The molecule has 0 saturated heterocycles. The summed E-state index contributed by atoms with van der Waals surface area (Å²) in [5.74, 6) is 0.425. The summed E-state index contributed by atoms with van der Waals surface area (Å²) in [4.78, 5) is 11.9. The van der Waals surface area contributed by atoms with Gasteiger partial charge in [0.15, 0.2) is 17.3 Å². The third-order valence-electron chi connectivity index (χ3n) is 2.39. The number of ketones is 1. The van der Waals surface area contributed by atoms with Gasteiger partial charge in [-0.1, -0.05) is 0 Å². The summed E-state index contributed by atoms with van der Waals surface area (Å²) in [5, 5.41) is 0. The Morgan fingerprint density at radius 1 is 1.05 bits per heavy atom. The van der Waals surface area contributed by atoms with Crippen LogP contribution in [0.25, 0.3) is 0 Å². The predicted octanol–water partition coefficient (Wildman–Crippen LogP) is 0.871. The predicted molar refractivity (Wildman–Crippen MR) is 71.2 cm³/mol. The summed E-state index contributed by atoms with van der Waals surface area (Å²) in [6, 6.07) is 2.85. The Kier molecular flexibility index (Phi) is 5.34. The maximum Gasteiger partial charge on any atom is 0.264 e. The number of benzene rings is 1. The lowest BCUT2D eigenvalue weighted by Gasteiger charge is -2.13. The molecule has 0 aliphatic rings. The fourth-order valence-corrected chi connectivity index (χ4v) is 1.81. The molecular weight excluding hydrogens is 288 g/mol. The standard InChI is InChI=1S/C12H16O7S/c1-16-10-5-8(6-11(17-2)12(10)18-3)9(13)7-19-20(4,14)15/h5-6H,7H2,1-4H3. The van der Waals surface area contributed by atoms with E-state index in [1.165, 1.54) is 33.5 Å². The molecule has 8 heteroatoms. The highest BCUT2D eigenvalue weighted by Gasteiger charge is 2.18. The second kappa shape index (κ2) is 6.58. The van der Waals surface area contributed by atoms with Crippen LogP contribution in [-0.2, 0) is 14.3 Å². The maximum atomic E-state index is 11.9. The lowest BCUT2D eigenvalue weighted by atomic mass is 10.1. The SMILES string of the molecule is COc1cc(C(=O)COS(C)(=O)=O)cc(OC)c1OC. The van der Waals surface area contributed by atoms with Crippen LogP contribution < -0.4 is 14.2 Å². The van der Waals surface area contributed by atoms with Crippen LogP contribution in [0.15, 0.2) is 12.1 Å². The molecule has 20 heavy (non-hydrogen) atoms. The molecule has 1 aromatic carbocycles. The van der Waals surface area contributed by atoms with Crippen LogP contribution in [0.1, 0.15) is 10.4 Å². The van der Waals surface area contributed by atoms with Crippen molar-refractivity contribution in [1.29, 1.82) is 0 Å². The van der Waals surface area contributed by atoms with Crippen LogP contribution in [0.2, 0.25) is 0 Å². The van der Waals surface area contributed by atoms with Crippen LogP contribution in [0.3, 0.4) is 0 Å². The molecule has 0 aliphatic carbocycles. The van der Waals surface area contributed by atoms with Gasteiger partial charge >= 0.3 is 0 Å². The Labute approximate surface area is 117 Å². The molecule has 0 atom stereocenters. The third-order valence-corrected chi connectivity index (χ3v) is 2.94. The Hall–Kier alpha value is -1.80. The van der Waals surface area contributed by atoms with Gasteiger partial charge in [-0.05, 0) is 12.1 Å². The minimum absolute atomic E-state index is 0.197. The highest BCUT2D eigenvalue weighted by Crippen LogP contribution is 2.38. The Balaban J connectivity index is 3.10. The normalized spacial score (nSPS) is 11.0. The highest BCUT2D eigenvalue weighted by molar-refractivity contribution is 7.86. The first-order valence-electron chi connectivity index (χ1n) is 5.50. The molecular formula is C12H16O7S. The van der Waals surface area contributed by atoms with E-state index in [0.29, 0.717) is 17.2 Å². The Morgan fingerprint density at radius 2 is 1.55 bits per heavy atom. The smallest absolute Gasteiger partial charge is 0.264 e. The van der Waals surface area contributed by atoms with E-state index < -0.39 is 22.5 Å². The van der Waals surface area contributed by atoms with Gasteiger partial charge in [0.25, 0.3) is 10.1 Å². The van der Waals surface area contributed by atoms with Gasteiger partial charge in [0.1, 0.15) is 6.61 Å². The number of rotatable bonds is 7. The minimum Gasteiger partial charge on any atom is -0.493 e. The molecule has 0 N–H and O–H groups in total. The van der Waals surface area contributed by atoms with Crippen molar-refractivity contribution in [1.82, 2.24) is 0 Å². The maximum absolute atomic E-state index is 11.9. The molecule has 0 unspecified atom stereocenters. The van der Waals surface area contributed by atoms with Crippen LogP contribution in [0.5, 0.6) is 17.2 Å². The zero-order valence-corrected chi connectivity index (χ0v) is 12.4. The molecule has 1 aromatic rings. The largest absolute Gasteiger partial charge is 0.493 e. The number of hydrogen-bond acceptors (Lipinski definition) is 7. The van der Waals surface area contributed by atoms with Crippen molar-refractivity contribution in [2.45, 2.75) is 0 Å². The van der Waals surface area contributed by atoms with Gasteiger partial charge in [-0.15, -0.1) is 0 Å². The fourth-order valence-electron chi connectivity index (χ4n) is 1.49. The molecule has 0 heterocycles. The van der Waals surface area contributed by atoms with Gasteiger partial charge in [0, 0.05) is 5.56 Å². The molecule has 7 nitrogen and oxygen atoms in total. The average molecular weight is 304 g/mol. The number of hydrogen-bond donors (Lipinski definition) is 0. The van der Waals surface area contributed by atoms with Crippen molar-refractivity contribution in [3.05, 3.63) is 17.7 Å². The van der Waals surface area contributed by atoms with Crippen molar-refractivity contribution in [3.63, 3.8) is 0 Å². The third kappa shape index (κ3) is 4.10. The van der Waals surface area contributed by atoms with E-state index in [9.17, 15) is 13.2 Å². The molecule has 0 fully saturated rings. The van der Waals surface area contributed by atoms with Gasteiger partial charge in [0.05, 0.1) is 27.6 Å². The summed E-state index contributed by atoms with van der Waals surface area (Å²) in [6.45, 7) is -0.586. The molecule has 0 amide bonds. The average Bonchev–Trinajstić information content (AvgIpc) is 2.42. The van der Waals surface area contributed by atoms with Crippen LogP contribution in [0.4, 0.5) is 0 Å². The van der Waals surface area contributed by atoms with Crippen molar-refractivity contribution in [2.24, 2.45) is 0 Å². The van der Waals surface area contributed by atoms with Gasteiger partial charge in [0.2, 0.25) is 5.75 Å². The second-order valence-corrected chi connectivity index (χ2v) is 5.45. The molecule has 0 bridgehead atoms. The van der Waals surface area contributed by atoms with E-state index in [4.69, 9.17) is 14.2 Å². The summed E-state index contributed by atoms with van der Waals surface area (Å²) in [6.07, 6.45) is 0.871. The van der Waals surface area contributed by atoms with E-state index >= 15 is 0 Å². The van der Waals surface area contributed by atoms with Gasteiger partial charge < -0.3 is 14.2 Å². The molecule has 1 rings (SSSR count). The minimum atomic E-state index is -3.68. The van der Waals surface area contributed by atoms with E-state index in [-0.39, 0.29) is 5.56 Å². The van der Waals surface area contributed by atoms with E-state index in [1.807, 2.05) is 0 Å². The monoisotopic (exact) mass is 304 g/mol. The first-order chi connectivity index (χ1) is 9.32. The zero-order valence-electron chi connectivity index (χ0n) is 11.6. The van der Waals surface area contributed by atoms with E-state index in [2.05, 4.69) is 4.18 Å². The number of carbonyl (C=O) groups excluding carboxylic acids is 1. The van der Waals surface area contributed by atoms with Crippen molar-refractivity contribution >= 4 is 15.9 Å². The Bertz CT molecular complexity index is 567. The molecule has 0 spiro atoms. The van der Waals surface area contributed by atoms with Gasteiger partial charge in [-0.3, -0.25) is 8.98 Å². The van der Waals surface area contributed by atoms with Gasteiger partial charge in [-0.25, -0.2) is 0 Å². The van der Waals surface area contributed by atoms with E-state index in [1.54, 1.807) is 0 Å². The van der Waals surface area contributed by atoms with Crippen molar-refractivity contribution in [2.75, 3.05) is 34.2 Å². The zero-order chi connectivity index (χ0) is 15.3. The quantitative estimate of drug-likeness (QED) is 0.545. The fraction of sp³-hybridized carbons (Fsp3) is 0.417. The van der Waals surface area contributed by atoms with Crippen LogP contribution in [-0.4, -0.2) is 48.4 Å². The topological polar surface area (TPSA) is 88.1 Å². The number of carbonyl (C=O) groups is 1. The molecule has 112 valence electrons.